The first-order valence-corrected chi connectivity index (χ1v) is 9.66. The lowest BCUT2D eigenvalue weighted by molar-refractivity contribution is -0.145. The molecule has 0 aliphatic carbocycles. The van der Waals surface area contributed by atoms with Crippen LogP contribution in [-0.4, -0.2) is 47.8 Å². The van der Waals surface area contributed by atoms with Gasteiger partial charge in [0.2, 0.25) is 5.91 Å². The molecule has 0 unspecified atom stereocenters. The number of likely N-dealkylation sites (tertiary alicyclic amines) is 2. The average molecular weight is 368 g/mol. The molecule has 0 bridgehead atoms. The number of nitrogens with zero attached hydrogens (tertiary/aromatic N) is 2. The van der Waals surface area contributed by atoms with Crippen LogP contribution in [0.2, 0.25) is 0 Å². The molecule has 6 nitrogen and oxygen atoms in total. The molecule has 2 aliphatic rings. The van der Waals surface area contributed by atoms with Crippen molar-refractivity contribution < 1.29 is 14.0 Å². The van der Waals surface area contributed by atoms with Gasteiger partial charge in [-0.15, -0.1) is 0 Å². The van der Waals surface area contributed by atoms with E-state index in [0.717, 1.165) is 32.4 Å². The first kappa shape index (κ1) is 17.8. The fourth-order valence-corrected chi connectivity index (χ4v) is 4.43. The van der Waals surface area contributed by atoms with Crippen molar-refractivity contribution in [2.75, 3.05) is 26.2 Å². The summed E-state index contributed by atoms with van der Waals surface area (Å²) in [5.41, 5.74) is -0.290. The second-order valence-electron chi connectivity index (χ2n) is 7.62. The van der Waals surface area contributed by atoms with Crippen molar-refractivity contribution in [1.29, 1.82) is 0 Å². The molecule has 2 amide bonds. The second-order valence-corrected chi connectivity index (χ2v) is 7.62. The Bertz CT molecular complexity index is 949. The number of carbonyl (C=O) groups excluding carboxylic acids is 2. The number of hydrogen-bond acceptors (Lipinski definition) is 4. The summed E-state index contributed by atoms with van der Waals surface area (Å²) in [6.45, 7) is 4.57. The molecule has 0 saturated carbocycles. The highest BCUT2D eigenvalue weighted by molar-refractivity contribution is 5.94. The highest BCUT2D eigenvalue weighted by Crippen LogP contribution is 2.40. The molecule has 1 spiro atoms. The number of benzene rings is 1. The lowest BCUT2D eigenvalue weighted by atomic mass is 9.78. The van der Waals surface area contributed by atoms with E-state index in [1.165, 1.54) is 6.07 Å². The van der Waals surface area contributed by atoms with Crippen LogP contribution in [0, 0.1) is 5.41 Å². The van der Waals surface area contributed by atoms with Crippen molar-refractivity contribution in [3.63, 3.8) is 0 Å². The number of para-hydroxylation sites is 1. The van der Waals surface area contributed by atoms with Gasteiger partial charge in [0.25, 0.3) is 5.91 Å². The Morgan fingerprint density at radius 3 is 2.81 bits per heavy atom. The largest absolute Gasteiger partial charge is 0.451 e. The van der Waals surface area contributed by atoms with E-state index in [9.17, 15) is 14.4 Å². The fraction of sp³-hybridized carbons (Fsp3) is 0.476. The molecule has 3 heterocycles. The van der Waals surface area contributed by atoms with Crippen LogP contribution in [0.25, 0.3) is 11.0 Å². The molecule has 6 heteroatoms. The SMILES string of the molecule is CCCN1CCC[C@@]2(CCN(C(=O)c3cc(=O)c4ccccc4o3)C2)C1=O. The minimum Gasteiger partial charge on any atom is -0.451 e. The minimum atomic E-state index is -0.472. The van der Waals surface area contributed by atoms with Gasteiger partial charge in [-0.25, -0.2) is 0 Å². The molecular formula is C21H24N2O4. The Morgan fingerprint density at radius 2 is 2.00 bits per heavy atom. The van der Waals surface area contributed by atoms with Crippen molar-refractivity contribution >= 4 is 22.8 Å². The summed E-state index contributed by atoms with van der Waals surface area (Å²) in [4.78, 5) is 41.8. The van der Waals surface area contributed by atoms with Crippen LogP contribution in [0.15, 0.2) is 39.5 Å². The molecule has 0 N–H and O–H groups in total. The van der Waals surface area contributed by atoms with Gasteiger partial charge in [-0.1, -0.05) is 19.1 Å². The first-order valence-electron chi connectivity index (χ1n) is 9.66. The predicted octanol–water partition coefficient (Wildman–Crippen LogP) is 2.66. The molecule has 142 valence electrons. The third kappa shape index (κ3) is 3.03. The molecule has 0 radical (unpaired) electrons. The molecule has 2 saturated heterocycles. The summed E-state index contributed by atoms with van der Waals surface area (Å²) in [5, 5.41) is 0.463. The lowest BCUT2D eigenvalue weighted by Crippen LogP contribution is -2.50. The molecule has 2 fully saturated rings. The van der Waals surface area contributed by atoms with Crippen LogP contribution in [0.5, 0.6) is 0 Å². The van der Waals surface area contributed by atoms with Crippen molar-refractivity contribution in [1.82, 2.24) is 9.80 Å². The van der Waals surface area contributed by atoms with Gasteiger partial charge < -0.3 is 14.2 Å². The number of fused-ring (bicyclic) bond motifs is 1. The second kappa shape index (κ2) is 6.83. The topological polar surface area (TPSA) is 70.8 Å². The van der Waals surface area contributed by atoms with Gasteiger partial charge in [-0.2, -0.15) is 0 Å². The van der Waals surface area contributed by atoms with E-state index in [1.54, 1.807) is 29.2 Å². The van der Waals surface area contributed by atoms with E-state index in [2.05, 4.69) is 6.92 Å². The zero-order valence-corrected chi connectivity index (χ0v) is 15.6. The highest BCUT2D eigenvalue weighted by Gasteiger charge is 2.49. The average Bonchev–Trinajstić information content (AvgIpc) is 3.10. The Kier molecular flexibility index (Phi) is 4.50. The number of amides is 2. The predicted molar refractivity (Wildman–Crippen MR) is 102 cm³/mol. The standard InChI is InChI=1S/C21H24N2O4/c1-2-10-22-11-5-8-21(20(22)26)9-12-23(14-21)19(25)18-13-16(24)15-6-3-4-7-17(15)27-18/h3-4,6-7,13H,2,5,8-12,14H2,1H3/t21-/m0/s1. The van der Waals surface area contributed by atoms with Crippen molar-refractivity contribution in [2.24, 2.45) is 5.41 Å². The summed E-state index contributed by atoms with van der Waals surface area (Å²) in [6, 6.07) is 8.17. The monoisotopic (exact) mass is 368 g/mol. The number of hydrogen-bond donors (Lipinski definition) is 0. The minimum absolute atomic E-state index is 0.0458. The van der Waals surface area contributed by atoms with Gasteiger partial charge in [0, 0.05) is 32.2 Å². The quantitative estimate of drug-likeness (QED) is 0.835. The number of rotatable bonds is 3. The Labute approximate surface area is 157 Å². The molecule has 1 atom stereocenters. The molecule has 2 aromatic rings. The lowest BCUT2D eigenvalue weighted by Gasteiger charge is -2.39. The summed E-state index contributed by atoms with van der Waals surface area (Å²) in [6.07, 6.45) is 3.40. The van der Waals surface area contributed by atoms with Crippen LogP contribution in [-0.2, 0) is 4.79 Å². The Hall–Kier alpha value is -2.63. The first-order chi connectivity index (χ1) is 13.0. The zero-order valence-electron chi connectivity index (χ0n) is 15.6. The van der Waals surface area contributed by atoms with E-state index in [4.69, 9.17) is 4.42 Å². The Balaban J connectivity index is 1.58. The van der Waals surface area contributed by atoms with Crippen molar-refractivity contribution in [3.8, 4) is 0 Å². The van der Waals surface area contributed by atoms with Gasteiger partial charge >= 0.3 is 0 Å². The van der Waals surface area contributed by atoms with E-state index in [1.807, 2.05) is 4.90 Å². The fourth-order valence-electron chi connectivity index (χ4n) is 4.43. The molecular weight excluding hydrogens is 344 g/mol. The van der Waals surface area contributed by atoms with Crippen LogP contribution < -0.4 is 5.43 Å². The summed E-state index contributed by atoms with van der Waals surface area (Å²) in [5.74, 6) is -0.0922. The summed E-state index contributed by atoms with van der Waals surface area (Å²) in [7, 11) is 0. The van der Waals surface area contributed by atoms with Crippen molar-refractivity contribution in [2.45, 2.75) is 32.6 Å². The van der Waals surface area contributed by atoms with Crippen LogP contribution >= 0.6 is 0 Å². The maximum atomic E-state index is 13.0. The van der Waals surface area contributed by atoms with E-state index in [-0.39, 0.29) is 23.0 Å². The summed E-state index contributed by atoms with van der Waals surface area (Å²) >= 11 is 0. The van der Waals surface area contributed by atoms with E-state index >= 15 is 0 Å². The molecule has 27 heavy (non-hydrogen) atoms. The van der Waals surface area contributed by atoms with Gasteiger partial charge in [0.1, 0.15) is 5.58 Å². The molecule has 1 aromatic carbocycles. The maximum absolute atomic E-state index is 13.0. The Morgan fingerprint density at radius 1 is 1.19 bits per heavy atom. The molecule has 2 aliphatic heterocycles. The van der Waals surface area contributed by atoms with Crippen molar-refractivity contribution in [3.05, 3.63) is 46.3 Å². The van der Waals surface area contributed by atoms with Gasteiger partial charge in [-0.3, -0.25) is 14.4 Å². The highest BCUT2D eigenvalue weighted by atomic mass is 16.3. The third-order valence-corrected chi connectivity index (χ3v) is 5.80. The van der Waals surface area contributed by atoms with E-state index in [0.29, 0.717) is 30.5 Å². The van der Waals surface area contributed by atoms with Crippen LogP contribution in [0.1, 0.15) is 43.2 Å². The smallest absolute Gasteiger partial charge is 0.289 e. The van der Waals surface area contributed by atoms with Crippen LogP contribution in [0.3, 0.4) is 0 Å². The van der Waals surface area contributed by atoms with Crippen LogP contribution in [0.4, 0.5) is 0 Å². The van der Waals surface area contributed by atoms with Gasteiger partial charge in [0.05, 0.1) is 10.8 Å². The molecule has 1 aromatic heterocycles. The number of piperidine rings is 1. The third-order valence-electron chi connectivity index (χ3n) is 5.80. The van der Waals surface area contributed by atoms with Gasteiger partial charge in [0.15, 0.2) is 11.2 Å². The number of carbonyl (C=O) groups is 2. The summed E-state index contributed by atoms with van der Waals surface area (Å²) < 4.78 is 5.69. The zero-order chi connectivity index (χ0) is 19.0. The molecule has 4 rings (SSSR count). The van der Waals surface area contributed by atoms with Gasteiger partial charge in [-0.05, 0) is 37.8 Å². The normalized spacial score (nSPS) is 22.8. The van der Waals surface area contributed by atoms with E-state index < -0.39 is 5.41 Å². The maximum Gasteiger partial charge on any atom is 0.289 e.